The number of hydrogen-bond acceptors (Lipinski definition) is 7. The molecule has 0 bridgehead atoms. The number of guanidine groups is 1. The second-order valence-corrected chi connectivity index (χ2v) is 7.47. The number of oxazole rings is 1. The van der Waals surface area contributed by atoms with E-state index in [2.05, 4.69) is 56.5 Å². The Morgan fingerprint density at radius 3 is 2.72 bits per heavy atom. The molecule has 3 aromatic rings. The van der Waals surface area contributed by atoms with Gasteiger partial charge < -0.3 is 19.6 Å². The lowest BCUT2D eigenvalue weighted by Gasteiger charge is -2.13. The topological polar surface area (TPSA) is 114 Å². The van der Waals surface area contributed by atoms with Gasteiger partial charge in [-0.25, -0.2) is 9.98 Å². The summed E-state index contributed by atoms with van der Waals surface area (Å²) >= 11 is 0. The molecule has 3 rings (SSSR count). The molecule has 0 saturated heterocycles. The van der Waals surface area contributed by atoms with Crippen molar-refractivity contribution in [1.82, 2.24) is 30.7 Å². The first kappa shape index (κ1) is 20.5. The fourth-order valence-electron chi connectivity index (χ4n) is 2.46. The highest BCUT2D eigenvalue weighted by Crippen LogP contribution is 2.22. The number of nitrogens with one attached hydrogen (secondary N) is 2. The van der Waals surface area contributed by atoms with Gasteiger partial charge >= 0.3 is 0 Å². The van der Waals surface area contributed by atoms with E-state index in [1.807, 2.05) is 25.1 Å². The maximum absolute atomic E-state index is 5.78. The minimum absolute atomic E-state index is 0.0730. The smallest absolute Gasteiger partial charge is 0.276 e. The van der Waals surface area contributed by atoms with Crippen LogP contribution in [0.15, 0.2) is 44.5 Å². The van der Waals surface area contributed by atoms with Gasteiger partial charge in [0.2, 0.25) is 5.89 Å². The van der Waals surface area contributed by atoms with E-state index in [4.69, 9.17) is 8.94 Å². The van der Waals surface area contributed by atoms with E-state index in [1.54, 1.807) is 12.4 Å². The highest BCUT2D eigenvalue weighted by Gasteiger charge is 2.19. The van der Waals surface area contributed by atoms with Crippen LogP contribution in [0.25, 0.3) is 11.6 Å². The Morgan fingerprint density at radius 1 is 1.17 bits per heavy atom. The van der Waals surface area contributed by atoms with Gasteiger partial charge in [0.15, 0.2) is 11.8 Å². The van der Waals surface area contributed by atoms with Crippen LogP contribution in [0.3, 0.4) is 0 Å². The number of nitrogens with zero attached hydrogens (tertiary/aromatic N) is 5. The standard InChI is InChI=1S/C20H27N7O2/c1-5-21-19(25-13-17-24-12-15(28-17)20(2,3)4)23-11-9-16-26-18(29-27-16)14-8-6-7-10-22-14/h6-8,10,12H,5,9,11,13H2,1-4H3,(H2,21,23,25). The molecule has 9 heteroatoms. The number of hydrogen-bond donors (Lipinski definition) is 2. The van der Waals surface area contributed by atoms with Crippen LogP contribution in [0.4, 0.5) is 0 Å². The third-order valence-corrected chi connectivity index (χ3v) is 4.00. The molecule has 3 heterocycles. The zero-order valence-corrected chi connectivity index (χ0v) is 17.3. The van der Waals surface area contributed by atoms with Crippen molar-refractivity contribution in [2.24, 2.45) is 4.99 Å². The highest BCUT2D eigenvalue weighted by atomic mass is 16.5. The number of aliphatic imine (C=N–C) groups is 1. The first-order valence-electron chi connectivity index (χ1n) is 9.67. The zero-order valence-electron chi connectivity index (χ0n) is 17.3. The second kappa shape index (κ2) is 9.31. The molecule has 0 spiro atoms. The van der Waals surface area contributed by atoms with Gasteiger partial charge in [0.25, 0.3) is 5.89 Å². The fourth-order valence-corrected chi connectivity index (χ4v) is 2.46. The molecule has 0 aromatic carbocycles. The maximum atomic E-state index is 5.78. The molecule has 0 radical (unpaired) electrons. The Labute approximate surface area is 170 Å². The van der Waals surface area contributed by atoms with E-state index in [9.17, 15) is 0 Å². The van der Waals surface area contributed by atoms with Gasteiger partial charge in [-0.3, -0.25) is 4.98 Å². The molecule has 3 aromatic heterocycles. The third kappa shape index (κ3) is 5.87. The van der Waals surface area contributed by atoms with Crippen LogP contribution in [0.1, 0.15) is 45.2 Å². The van der Waals surface area contributed by atoms with Crippen LogP contribution in [-0.2, 0) is 18.4 Å². The molecule has 9 nitrogen and oxygen atoms in total. The van der Waals surface area contributed by atoms with Crippen molar-refractivity contribution in [3.05, 3.63) is 48.1 Å². The molecule has 0 amide bonds. The minimum atomic E-state index is -0.0730. The van der Waals surface area contributed by atoms with E-state index in [0.717, 1.165) is 12.3 Å². The molecule has 0 fully saturated rings. The molecular weight excluding hydrogens is 370 g/mol. The monoisotopic (exact) mass is 397 g/mol. The van der Waals surface area contributed by atoms with Crippen LogP contribution < -0.4 is 10.6 Å². The quantitative estimate of drug-likeness (QED) is 0.462. The molecule has 0 atom stereocenters. The Kier molecular flexibility index (Phi) is 6.58. The first-order chi connectivity index (χ1) is 14.0. The Morgan fingerprint density at radius 2 is 2.03 bits per heavy atom. The van der Waals surface area contributed by atoms with Crippen LogP contribution in [0, 0.1) is 0 Å². The summed E-state index contributed by atoms with van der Waals surface area (Å²) in [4.78, 5) is 17.4. The molecule has 0 aliphatic rings. The minimum Gasteiger partial charge on any atom is -0.443 e. The fraction of sp³-hybridized carbons (Fsp3) is 0.450. The summed E-state index contributed by atoms with van der Waals surface area (Å²) < 4.78 is 11.1. The summed E-state index contributed by atoms with van der Waals surface area (Å²) in [5.41, 5.74) is 0.589. The lowest BCUT2D eigenvalue weighted by atomic mass is 9.94. The summed E-state index contributed by atoms with van der Waals surface area (Å²) in [7, 11) is 0. The summed E-state index contributed by atoms with van der Waals surface area (Å²) in [5.74, 6) is 3.14. The molecule has 0 aliphatic heterocycles. The second-order valence-electron chi connectivity index (χ2n) is 7.47. The summed E-state index contributed by atoms with van der Waals surface area (Å²) in [5, 5.41) is 10.5. The largest absolute Gasteiger partial charge is 0.443 e. The van der Waals surface area contributed by atoms with Gasteiger partial charge in [-0.15, -0.1) is 0 Å². The van der Waals surface area contributed by atoms with Crippen molar-refractivity contribution >= 4 is 5.96 Å². The van der Waals surface area contributed by atoms with Crippen molar-refractivity contribution in [2.75, 3.05) is 13.1 Å². The Balaban J connectivity index is 1.53. The average Bonchev–Trinajstić information content (AvgIpc) is 3.36. The predicted octanol–water partition coefficient (Wildman–Crippen LogP) is 2.71. The molecule has 2 N–H and O–H groups in total. The Hall–Kier alpha value is -3.23. The van der Waals surface area contributed by atoms with E-state index in [0.29, 0.717) is 48.8 Å². The maximum Gasteiger partial charge on any atom is 0.276 e. The van der Waals surface area contributed by atoms with Gasteiger partial charge in [-0.1, -0.05) is 32.0 Å². The molecule has 29 heavy (non-hydrogen) atoms. The highest BCUT2D eigenvalue weighted by molar-refractivity contribution is 5.79. The van der Waals surface area contributed by atoms with E-state index < -0.39 is 0 Å². The normalized spacial score (nSPS) is 12.2. The Bertz CT molecular complexity index is 926. The molecular formula is C20H27N7O2. The van der Waals surface area contributed by atoms with Crippen molar-refractivity contribution in [1.29, 1.82) is 0 Å². The summed E-state index contributed by atoms with van der Waals surface area (Å²) in [6.07, 6.45) is 4.05. The zero-order chi connectivity index (χ0) is 20.7. The number of pyridine rings is 1. The summed E-state index contributed by atoms with van der Waals surface area (Å²) in [6, 6.07) is 5.55. The van der Waals surface area contributed by atoms with Crippen molar-refractivity contribution < 1.29 is 8.94 Å². The third-order valence-electron chi connectivity index (χ3n) is 4.00. The first-order valence-corrected chi connectivity index (χ1v) is 9.67. The molecule has 154 valence electrons. The van der Waals surface area contributed by atoms with Crippen molar-refractivity contribution in [3.63, 3.8) is 0 Å². The van der Waals surface area contributed by atoms with E-state index in [1.165, 1.54) is 0 Å². The molecule has 0 unspecified atom stereocenters. The van der Waals surface area contributed by atoms with Crippen LogP contribution in [0.2, 0.25) is 0 Å². The van der Waals surface area contributed by atoms with Gasteiger partial charge in [0, 0.05) is 31.1 Å². The van der Waals surface area contributed by atoms with Gasteiger partial charge in [0.05, 0.1) is 6.20 Å². The van der Waals surface area contributed by atoms with Crippen LogP contribution >= 0.6 is 0 Å². The van der Waals surface area contributed by atoms with Gasteiger partial charge in [0.1, 0.15) is 18.0 Å². The molecule has 0 aliphatic carbocycles. The molecule has 0 saturated carbocycles. The van der Waals surface area contributed by atoms with E-state index in [-0.39, 0.29) is 5.41 Å². The predicted molar refractivity (Wildman–Crippen MR) is 109 cm³/mol. The SMILES string of the molecule is CCNC(=NCc1ncc(C(C)(C)C)o1)NCCc1noc(-c2ccccn2)n1. The number of rotatable bonds is 7. The van der Waals surface area contributed by atoms with Gasteiger partial charge in [-0.05, 0) is 19.1 Å². The lowest BCUT2D eigenvalue weighted by molar-refractivity contribution is 0.383. The van der Waals surface area contributed by atoms with Crippen LogP contribution in [0.5, 0.6) is 0 Å². The lowest BCUT2D eigenvalue weighted by Crippen LogP contribution is -2.38. The van der Waals surface area contributed by atoms with Crippen molar-refractivity contribution in [3.8, 4) is 11.6 Å². The average molecular weight is 397 g/mol. The van der Waals surface area contributed by atoms with Gasteiger partial charge in [-0.2, -0.15) is 4.98 Å². The van der Waals surface area contributed by atoms with Crippen molar-refractivity contribution in [2.45, 2.75) is 46.1 Å². The van der Waals surface area contributed by atoms with Crippen LogP contribution in [-0.4, -0.2) is 39.2 Å². The van der Waals surface area contributed by atoms with E-state index >= 15 is 0 Å². The number of aromatic nitrogens is 4. The summed E-state index contributed by atoms with van der Waals surface area (Å²) in [6.45, 7) is 9.98.